The maximum atomic E-state index is 11.8. The molecule has 0 bridgehead atoms. The molecule has 1 heterocycles. The number of rotatable bonds is 7. The summed E-state index contributed by atoms with van der Waals surface area (Å²) < 4.78 is 5.21. The lowest BCUT2D eigenvalue weighted by Crippen LogP contribution is -2.53. The van der Waals surface area contributed by atoms with Gasteiger partial charge in [-0.15, -0.1) is 17.7 Å². The van der Waals surface area contributed by atoms with E-state index < -0.39 is 25.1 Å². The van der Waals surface area contributed by atoms with E-state index in [4.69, 9.17) is 9.76 Å². The second kappa shape index (κ2) is 10.3. The molecule has 0 aromatic rings. The molecule has 1 rings (SSSR count). The SMILES string of the molecule is CC#C/C=C\SCCC(=O)N[C@H]1CC[C@@H](CC(=O)O)OB1O. The first kappa shape index (κ1) is 18.6. The summed E-state index contributed by atoms with van der Waals surface area (Å²) in [5.74, 6) is 4.54. The highest BCUT2D eigenvalue weighted by Gasteiger charge is 2.36. The summed E-state index contributed by atoms with van der Waals surface area (Å²) in [5.41, 5.74) is 0. The third-order valence-corrected chi connectivity index (χ3v) is 3.83. The molecule has 6 nitrogen and oxygen atoms in total. The molecular formula is C14H20BNO5S. The van der Waals surface area contributed by atoms with Crippen molar-refractivity contribution < 1.29 is 24.4 Å². The third-order valence-electron chi connectivity index (χ3n) is 3.06. The Morgan fingerprint density at radius 2 is 2.27 bits per heavy atom. The molecule has 1 aliphatic rings. The molecule has 0 saturated carbocycles. The number of thioether (sulfide) groups is 1. The zero-order chi connectivity index (χ0) is 16.4. The average Bonchev–Trinajstić information content (AvgIpc) is 2.45. The van der Waals surface area contributed by atoms with Gasteiger partial charge in [0.15, 0.2) is 0 Å². The van der Waals surface area contributed by atoms with E-state index in [1.807, 2.05) is 5.41 Å². The number of aliphatic carboxylic acids is 1. The van der Waals surface area contributed by atoms with Crippen LogP contribution in [0.2, 0.25) is 0 Å². The topological polar surface area (TPSA) is 95.9 Å². The van der Waals surface area contributed by atoms with E-state index >= 15 is 0 Å². The van der Waals surface area contributed by atoms with Gasteiger partial charge in [-0.2, -0.15) is 0 Å². The van der Waals surface area contributed by atoms with E-state index in [2.05, 4.69) is 17.2 Å². The van der Waals surface area contributed by atoms with Crippen LogP contribution in [0.4, 0.5) is 0 Å². The van der Waals surface area contributed by atoms with Crippen molar-refractivity contribution in [3.63, 3.8) is 0 Å². The van der Waals surface area contributed by atoms with E-state index in [-0.39, 0.29) is 12.3 Å². The van der Waals surface area contributed by atoms with Crippen LogP contribution in [0.25, 0.3) is 0 Å². The molecule has 1 aliphatic heterocycles. The zero-order valence-corrected chi connectivity index (χ0v) is 13.3. The van der Waals surface area contributed by atoms with Gasteiger partial charge in [-0.05, 0) is 31.2 Å². The molecule has 1 saturated heterocycles. The van der Waals surface area contributed by atoms with Gasteiger partial charge in [-0.25, -0.2) is 0 Å². The summed E-state index contributed by atoms with van der Waals surface area (Å²) in [7, 11) is -1.16. The fraction of sp³-hybridized carbons (Fsp3) is 0.571. The smallest absolute Gasteiger partial charge is 0.478 e. The maximum absolute atomic E-state index is 11.8. The fourth-order valence-electron chi connectivity index (χ4n) is 2.02. The molecule has 0 radical (unpaired) electrons. The molecule has 0 aliphatic carbocycles. The van der Waals surface area contributed by atoms with Crippen molar-refractivity contribution in [3.8, 4) is 11.8 Å². The zero-order valence-electron chi connectivity index (χ0n) is 12.4. The van der Waals surface area contributed by atoms with E-state index in [9.17, 15) is 14.6 Å². The fourth-order valence-corrected chi connectivity index (χ4v) is 2.62. The van der Waals surface area contributed by atoms with Gasteiger partial charge in [-0.1, -0.05) is 5.92 Å². The number of hydrogen-bond donors (Lipinski definition) is 3. The van der Waals surface area contributed by atoms with Crippen LogP contribution < -0.4 is 5.32 Å². The molecule has 0 unspecified atom stereocenters. The van der Waals surface area contributed by atoms with Crippen LogP contribution in [0.5, 0.6) is 0 Å². The Bertz CT molecular complexity index is 474. The number of nitrogens with one attached hydrogen (secondary N) is 1. The number of allylic oxidation sites excluding steroid dienone is 1. The van der Waals surface area contributed by atoms with Crippen LogP contribution in [-0.4, -0.2) is 46.9 Å². The van der Waals surface area contributed by atoms with Crippen molar-refractivity contribution in [2.75, 3.05) is 5.75 Å². The number of carbonyl (C=O) groups is 2. The standard InChI is InChI=1S/C14H20BNO5S/c1-2-3-4-8-22-9-7-13(17)16-12-6-5-11(10-14(18)19)21-15(12)20/h4,8,11-12,20H,5-7,9-10H2,1H3,(H,16,17)(H,18,19)/b8-4-/t11-,12-/m0/s1. The number of carboxylic acids is 1. The average molecular weight is 325 g/mol. The Morgan fingerprint density at radius 3 is 2.91 bits per heavy atom. The Morgan fingerprint density at radius 1 is 1.50 bits per heavy atom. The Kier molecular flexibility index (Phi) is 8.74. The van der Waals surface area contributed by atoms with Crippen LogP contribution >= 0.6 is 11.8 Å². The lowest BCUT2D eigenvalue weighted by Gasteiger charge is -2.30. The quantitative estimate of drug-likeness (QED) is 0.364. The summed E-state index contributed by atoms with van der Waals surface area (Å²) >= 11 is 1.49. The molecule has 2 atom stereocenters. The van der Waals surface area contributed by atoms with Crippen molar-refractivity contribution in [2.24, 2.45) is 0 Å². The molecule has 0 aromatic heterocycles. The molecule has 1 fully saturated rings. The Labute approximate surface area is 134 Å². The molecule has 1 amide bonds. The molecule has 0 spiro atoms. The van der Waals surface area contributed by atoms with E-state index in [1.54, 1.807) is 13.0 Å². The van der Waals surface area contributed by atoms with Gasteiger partial charge in [0.2, 0.25) is 5.91 Å². The summed E-state index contributed by atoms with van der Waals surface area (Å²) in [5, 5.41) is 23.0. The first-order valence-electron chi connectivity index (χ1n) is 7.06. The van der Waals surface area contributed by atoms with Crippen molar-refractivity contribution in [1.82, 2.24) is 5.32 Å². The first-order chi connectivity index (χ1) is 10.5. The highest BCUT2D eigenvalue weighted by molar-refractivity contribution is 8.02. The second-order valence-corrected chi connectivity index (χ2v) is 5.83. The van der Waals surface area contributed by atoms with Gasteiger partial charge >= 0.3 is 13.1 Å². The Hall–Kier alpha value is -1.43. The van der Waals surface area contributed by atoms with Gasteiger partial charge in [0.1, 0.15) is 0 Å². The van der Waals surface area contributed by atoms with Crippen molar-refractivity contribution in [3.05, 3.63) is 11.5 Å². The monoisotopic (exact) mass is 325 g/mol. The minimum Gasteiger partial charge on any atom is -0.481 e. The van der Waals surface area contributed by atoms with E-state index in [0.717, 1.165) is 0 Å². The lowest BCUT2D eigenvalue weighted by molar-refractivity contribution is -0.139. The molecular weight excluding hydrogens is 305 g/mol. The molecule has 22 heavy (non-hydrogen) atoms. The van der Waals surface area contributed by atoms with Crippen molar-refractivity contribution >= 4 is 30.8 Å². The Balaban J connectivity index is 2.24. The van der Waals surface area contributed by atoms with Crippen LogP contribution in [-0.2, 0) is 14.2 Å². The summed E-state index contributed by atoms with van der Waals surface area (Å²) in [6.45, 7) is 1.75. The van der Waals surface area contributed by atoms with Gasteiger partial charge < -0.3 is 20.1 Å². The number of amides is 1. The normalized spacial score (nSPS) is 21.3. The molecule has 120 valence electrons. The highest BCUT2D eigenvalue weighted by atomic mass is 32.2. The van der Waals surface area contributed by atoms with Crippen molar-refractivity contribution in [1.29, 1.82) is 0 Å². The second-order valence-electron chi connectivity index (χ2n) is 4.82. The van der Waals surface area contributed by atoms with Gasteiger partial charge in [-0.3, -0.25) is 9.59 Å². The van der Waals surface area contributed by atoms with Crippen molar-refractivity contribution in [2.45, 2.75) is 44.7 Å². The van der Waals surface area contributed by atoms with Crippen LogP contribution in [0.3, 0.4) is 0 Å². The summed E-state index contributed by atoms with van der Waals surface area (Å²) in [4.78, 5) is 22.4. The number of hydrogen-bond acceptors (Lipinski definition) is 5. The van der Waals surface area contributed by atoms with Crippen LogP contribution in [0, 0.1) is 11.8 Å². The predicted octanol–water partition coefficient (Wildman–Crippen LogP) is 0.805. The van der Waals surface area contributed by atoms with E-state index in [1.165, 1.54) is 11.8 Å². The van der Waals surface area contributed by atoms with Crippen LogP contribution in [0.15, 0.2) is 11.5 Å². The summed E-state index contributed by atoms with van der Waals surface area (Å²) in [6.07, 6.45) is 2.42. The van der Waals surface area contributed by atoms with Gasteiger partial charge in [0.25, 0.3) is 0 Å². The minimum atomic E-state index is -1.16. The minimum absolute atomic E-state index is 0.138. The number of carboxylic acid groups (broad SMARTS) is 1. The van der Waals surface area contributed by atoms with Gasteiger partial charge in [0, 0.05) is 12.2 Å². The third kappa shape index (κ3) is 7.55. The van der Waals surface area contributed by atoms with Crippen LogP contribution in [0.1, 0.15) is 32.6 Å². The molecule has 8 heteroatoms. The number of carbonyl (C=O) groups excluding carboxylic acids is 1. The predicted molar refractivity (Wildman–Crippen MR) is 85.9 cm³/mol. The lowest BCUT2D eigenvalue weighted by atomic mass is 9.72. The van der Waals surface area contributed by atoms with E-state index in [0.29, 0.717) is 25.0 Å². The first-order valence-corrected chi connectivity index (χ1v) is 8.11. The molecule has 3 N–H and O–H groups in total. The summed E-state index contributed by atoms with van der Waals surface area (Å²) in [6, 6.07) is 0. The largest absolute Gasteiger partial charge is 0.481 e. The molecule has 0 aromatic carbocycles. The maximum Gasteiger partial charge on any atom is 0.478 e. The van der Waals surface area contributed by atoms with Gasteiger partial charge in [0.05, 0.1) is 18.5 Å². The highest BCUT2D eigenvalue weighted by Crippen LogP contribution is 2.18.